The van der Waals surface area contributed by atoms with Crippen LogP contribution in [0.3, 0.4) is 0 Å². The average Bonchev–Trinajstić information content (AvgIpc) is 2.84. The highest BCUT2D eigenvalue weighted by atomic mass is 16.5. The summed E-state index contributed by atoms with van der Waals surface area (Å²) >= 11 is 0. The fraction of sp³-hybridized carbons (Fsp3) is 0.500. The molecular weight excluding hydrogens is 230 g/mol. The Balaban J connectivity index is 1.87. The van der Waals surface area contributed by atoms with Crippen molar-refractivity contribution in [2.45, 2.75) is 19.8 Å². The van der Waals surface area contributed by atoms with Gasteiger partial charge >= 0.3 is 5.97 Å². The Morgan fingerprint density at radius 1 is 1.39 bits per heavy atom. The van der Waals surface area contributed by atoms with Crippen molar-refractivity contribution < 1.29 is 14.6 Å². The number of carbonyl (C=O) groups is 1. The van der Waals surface area contributed by atoms with Crippen LogP contribution in [0.15, 0.2) is 18.2 Å². The predicted molar refractivity (Wildman–Crippen MR) is 69.3 cm³/mol. The van der Waals surface area contributed by atoms with Crippen molar-refractivity contribution in [3.63, 3.8) is 0 Å². The van der Waals surface area contributed by atoms with Crippen LogP contribution in [-0.4, -0.2) is 42.2 Å². The van der Waals surface area contributed by atoms with Gasteiger partial charge in [0.2, 0.25) is 0 Å². The molecule has 18 heavy (non-hydrogen) atoms. The molecule has 1 fully saturated rings. The van der Waals surface area contributed by atoms with Crippen molar-refractivity contribution in [3.05, 3.63) is 29.3 Å². The molecular formula is C14H19NO3. The van der Waals surface area contributed by atoms with Crippen molar-refractivity contribution in [2.24, 2.45) is 0 Å². The van der Waals surface area contributed by atoms with Gasteiger partial charge in [-0.1, -0.05) is 0 Å². The van der Waals surface area contributed by atoms with E-state index in [-0.39, 0.29) is 0 Å². The molecule has 2 rings (SSSR count). The number of hydrogen-bond acceptors (Lipinski definition) is 3. The lowest BCUT2D eigenvalue weighted by Crippen LogP contribution is -2.25. The molecule has 1 aromatic carbocycles. The molecule has 0 bridgehead atoms. The minimum absolute atomic E-state index is 0.305. The third kappa shape index (κ3) is 3.23. The summed E-state index contributed by atoms with van der Waals surface area (Å²) in [5, 5.41) is 8.87. The van der Waals surface area contributed by atoms with E-state index in [0.717, 1.165) is 17.9 Å². The summed E-state index contributed by atoms with van der Waals surface area (Å²) < 4.78 is 5.70. The van der Waals surface area contributed by atoms with Gasteiger partial charge in [0, 0.05) is 6.54 Å². The molecule has 1 aliphatic heterocycles. The number of ether oxygens (including phenoxy) is 1. The third-order valence-corrected chi connectivity index (χ3v) is 3.29. The lowest BCUT2D eigenvalue weighted by Gasteiger charge is -2.15. The van der Waals surface area contributed by atoms with Crippen LogP contribution in [0, 0.1) is 6.92 Å². The van der Waals surface area contributed by atoms with Crippen LogP contribution in [0.25, 0.3) is 0 Å². The summed E-state index contributed by atoms with van der Waals surface area (Å²) in [5.41, 5.74) is 1.18. The van der Waals surface area contributed by atoms with Gasteiger partial charge in [-0.2, -0.15) is 0 Å². The molecule has 0 aromatic heterocycles. The molecule has 1 aliphatic rings. The Kier molecular flexibility index (Phi) is 4.20. The van der Waals surface area contributed by atoms with Crippen LogP contribution in [0.4, 0.5) is 0 Å². The highest BCUT2D eigenvalue weighted by Crippen LogP contribution is 2.19. The van der Waals surface area contributed by atoms with E-state index in [2.05, 4.69) is 4.90 Å². The van der Waals surface area contributed by atoms with E-state index >= 15 is 0 Å². The molecule has 0 spiro atoms. The molecule has 1 heterocycles. The van der Waals surface area contributed by atoms with Crippen LogP contribution in [0.5, 0.6) is 5.75 Å². The molecule has 0 unspecified atom stereocenters. The summed E-state index contributed by atoms with van der Waals surface area (Å²) in [5.74, 6) is -0.124. The molecule has 1 N–H and O–H groups in total. The molecule has 0 aliphatic carbocycles. The van der Waals surface area contributed by atoms with Crippen molar-refractivity contribution in [1.29, 1.82) is 0 Å². The number of likely N-dealkylation sites (tertiary alicyclic amines) is 1. The van der Waals surface area contributed by atoms with Crippen molar-refractivity contribution in [1.82, 2.24) is 4.90 Å². The van der Waals surface area contributed by atoms with Crippen molar-refractivity contribution in [3.8, 4) is 5.75 Å². The zero-order valence-electron chi connectivity index (χ0n) is 10.7. The monoisotopic (exact) mass is 249 g/mol. The summed E-state index contributed by atoms with van der Waals surface area (Å²) in [6.45, 7) is 5.81. The van der Waals surface area contributed by atoms with E-state index in [9.17, 15) is 4.79 Å². The van der Waals surface area contributed by atoms with Crippen LogP contribution >= 0.6 is 0 Å². The summed E-state index contributed by atoms with van der Waals surface area (Å²) in [6, 6.07) is 4.97. The largest absolute Gasteiger partial charge is 0.492 e. The van der Waals surface area contributed by atoms with Gasteiger partial charge in [-0.3, -0.25) is 4.90 Å². The summed E-state index contributed by atoms with van der Waals surface area (Å²) in [6.07, 6.45) is 2.57. The minimum atomic E-state index is -0.901. The Hall–Kier alpha value is -1.55. The minimum Gasteiger partial charge on any atom is -0.492 e. The normalized spacial score (nSPS) is 15.8. The summed E-state index contributed by atoms with van der Waals surface area (Å²) in [4.78, 5) is 13.2. The number of aromatic carboxylic acids is 1. The predicted octanol–water partition coefficient (Wildman–Crippen LogP) is 2.17. The molecule has 4 heteroatoms. The third-order valence-electron chi connectivity index (χ3n) is 3.29. The van der Waals surface area contributed by atoms with Gasteiger partial charge in [0.05, 0.1) is 5.56 Å². The van der Waals surface area contributed by atoms with Gasteiger partial charge in [0.25, 0.3) is 0 Å². The van der Waals surface area contributed by atoms with E-state index in [4.69, 9.17) is 9.84 Å². The molecule has 0 amide bonds. The first-order valence-corrected chi connectivity index (χ1v) is 6.36. The number of rotatable bonds is 5. The Labute approximate surface area is 107 Å². The molecule has 0 radical (unpaired) electrons. The quantitative estimate of drug-likeness (QED) is 0.869. The molecule has 0 saturated carbocycles. The van der Waals surface area contributed by atoms with Gasteiger partial charge in [-0.05, 0) is 56.6 Å². The number of carboxylic acids is 1. The second-order valence-corrected chi connectivity index (χ2v) is 4.68. The Bertz CT molecular complexity index is 425. The molecule has 4 nitrogen and oxygen atoms in total. The van der Waals surface area contributed by atoms with Crippen molar-refractivity contribution in [2.75, 3.05) is 26.2 Å². The maximum Gasteiger partial charge on any atom is 0.335 e. The fourth-order valence-electron chi connectivity index (χ4n) is 2.24. The first-order valence-electron chi connectivity index (χ1n) is 6.36. The van der Waals surface area contributed by atoms with Gasteiger partial charge in [-0.15, -0.1) is 0 Å². The molecule has 0 atom stereocenters. The van der Waals surface area contributed by atoms with Gasteiger partial charge < -0.3 is 9.84 Å². The smallest absolute Gasteiger partial charge is 0.335 e. The zero-order valence-corrected chi connectivity index (χ0v) is 10.7. The maximum absolute atomic E-state index is 10.8. The fourth-order valence-corrected chi connectivity index (χ4v) is 2.24. The Morgan fingerprint density at radius 2 is 2.11 bits per heavy atom. The first-order chi connectivity index (χ1) is 8.66. The molecule has 1 aromatic rings. The number of aryl methyl sites for hydroxylation is 1. The highest BCUT2D eigenvalue weighted by molar-refractivity contribution is 5.88. The van der Waals surface area contributed by atoms with E-state index in [1.54, 1.807) is 18.2 Å². The van der Waals surface area contributed by atoms with Crippen LogP contribution in [0.2, 0.25) is 0 Å². The lowest BCUT2D eigenvalue weighted by atomic mass is 10.1. The van der Waals surface area contributed by atoms with E-state index < -0.39 is 5.97 Å². The number of carboxylic acid groups (broad SMARTS) is 1. The molecule has 1 saturated heterocycles. The first kappa shape index (κ1) is 12.9. The summed E-state index contributed by atoms with van der Waals surface area (Å²) in [7, 11) is 0. The van der Waals surface area contributed by atoms with E-state index in [0.29, 0.717) is 12.2 Å². The second-order valence-electron chi connectivity index (χ2n) is 4.68. The number of benzene rings is 1. The van der Waals surface area contributed by atoms with Crippen LogP contribution in [0.1, 0.15) is 28.8 Å². The average molecular weight is 249 g/mol. The topological polar surface area (TPSA) is 49.8 Å². The SMILES string of the molecule is Cc1cc(C(=O)O)ccc1OCCN1CCCC1. The van der Waals surface area contributed by atoms with Gasteiger partial charge in [0.15, 0.2) is 0 Å². The van der Waals surface area contributed by atoms with E-state index in [1.165, 1.54) is 25.9 Å². The maximum atomic E-state index is 10.8. The van der Waals surface area contributed by atoms with Crippen LogP contribution < -0.4 is 4.74 Å². The van der Waals surface area contributed by atoms with Crippen LogP contribution in [-0.2, 0) is 0 Å². The standard InChI is InChI=1S/C14H19NO3/c1-11-10-12(14(16)17)4-5-13(11)18-9-8-15-6-2-3-7-15/h4-5,10H,2-3,6-9H2,1H3,(H,16,17). The molecule has 98 valence electrons. The number of hydrogen-bond donors (Lipinski definition) is 1. The second kappa shape index (κ2) is 5.87. The Morgan fingerprint density at radius 3 is 2.72 bits per heavy atom. The number of nitrogens with zero attached hydrogens (tertiary/aromatic N) is 1. The van der Waals surface area contributed by atoms with Crippen molar-refractivity contribution >= 4 is 5.97 Å². The van der Waals surface area contributed by atoms with Gasteiger partial charge in [0.1, 0.15) is 12.4 Å². The van der Waals surface area contributed by atoms with E-state index in [1.807, 2.05) is 6.92 Å². The van der Waals surface area contributed by atoms with Gasteiger partial charge in [-0.25, -0.2) is 4.79 Å². The zero-order chi connectivity index (χ0) is 13.0. The highest BCUT2D eigenvalue weighted by Gasteiger charge is 2.11. The lowest BCUT2D eigenvalue weighted by molar-refractivity contribution is 0.0696.